The van der Waals surface area contributed by atoms with E-state index < -0.39 is 5.56 Å². The summed E-state index contributed by atoms with van der Waals surface area (Å²) in [5.74, 6) is -0.677. The molecule has 21 heavy (non-hydrogen) atoms. The Morgan fingerprint density at radius 2 is 1.95 bits per heavy atom. The minimum absolute atomic E-state index is 0.139. The summed E-state index contributed by atoms with van der Waals surface area (Å²) < 4.78 is 0. The van der Waals surface area contributed by atoms with Crippen molar-refractivity contribution in [3.8, 4) is 5.88 Å². The van der Waals surface area contributed by atoms with Gasteiger partial charge in [0.05, 0.1) is 5.56 Å². The number of aromatic nitrogens is 1. The van der Waals surface area contributed by atoms with Gasteiger partial charge in [-0.1, -0.05) is 30.3 Å². The molecule has 110 valence electrons. The first-order chi connectivity index (χ1) is 10.1. The predicted octanol–water partition coefficient (Wildman–Crippen LogP) is 0.682. The van der Waals surface area contributed by atoms with Gasteiger partial charge in [-0.25, -0.2) is 0 Å². The molecule has 1 amide bonds. The first-order valence-electron chi connectivity index (χ1n) is 6.57. The normalized spacial score (nSPS) is 10.3. The van der Waals surface area contributed by atoms with Crippen LogP contribution in [0.25, 0.3) is 0 Å². The molecule has 0 saturated heterocycles. The Hall–Kier alpha value is -2.60. The minimum atomic E-state index is -0.522. The summed E-state index contributed by atoms with van der Waals surface area (Å²) in [5.41, 5.74) is 6.13. The number of nitrogens with two attached hydrogens (primary N) is 1. The average molecular weight is 287 g/mol. The van der Waals surface area contributed by atoms with Crippen molar-refractivity contribution in [3.63, 3.8) is 0 Å². The fourth-order valence-corrected chi connectivity index (χ4v) is 2.05. The topological polar surface area (TPSA) is 99.4 Å². The van der Waals surface area contributed by atoms with Crippen LogP contribution in [-0.4, -0.2) is 34.0 Å². The molecule has 0 aliphatic heterocycles. The average Bonchev–Trinajstić information content (AvgIpc) is 2.46. The molecule has 0 fully saturated rings. The molecule has 1 aromatic carbocycles. The number of hydrogen-bond acceptors (Lipinski definition) is 4. The zero-order valence-electron chi connectivity index (χ0n) is 11.5. The van der Waals surface area contributed by atoms with E-state index in [1.54, 1.807) is 4.90 Å². The standard InChI is InChI=1S/C15H17N3O3/c16-6-7-18(10-11-4-2-1-3-5-11)15(21)12-8-13(19)17-14(20)9-12/h1-5,8-9H,6-7,10,16H2,(H2,17,19,20). The molecule has 2 rings (SSSR count). The van der Waals surface area contributed by atoms with Gasteiger partial charge in [-0.2, -0.15) is 0 Å². The van der Waals surface area contributed by atoms with Gasteiger partial charge in [-0.15, -0.1) is 0 Å². The molecule has 0 atom stereocenters. The smallest absolute Gasteiger partial charge is 0.254 e. The third-order valence-corrected chi connectivity index (χ3v) is 2.98. The summed E-state index contributed by atoms with van der Waals surface area (Å²) in [4.78, 5) is 27.5. The summed E-state index contributed by atoms with van der Waals surface area (Å²) in [5, 5.41) is 9.39. The van der Waals surface area contributed by atoms with Gasteiger partial charge in [0.15, 0.2) is 5.88 Å². The lowest BCUT2D eigenvalue weighted by atomic mass is 10.1. The number of aromatic amines is 1. The third-order valence-electron chi connectivity index (χ3n) is 2.98. The van der Waals surface area contributed by atoms with Gasteiger partial charge in [0.1, 0.15) is 0 Å². The van der Waals surface area contributed by atoms with E-state index >= 15 is 0 Å². The highest BCUT2D eigenvalue weighted by Crippen LogP contribution is 2.11. The maximum Gasteiger partial charge on any atom is 0.254 e. The maximum absolute atomic E-state index is 12.5. The maximum atomic E-state index is 12.5. The van der Waals surface area contributed by atoms with Crippen LogP contribution in [-0.2, 0) is 6.54 Å². The highest BCUT2D eigenvalue weighted by Gasteiger charge is 2.16. The lowest BCUT2D eigenvalue weighted by molar-refractivity contribution is 0.0747. The van der Waals surface area contributed by atoms with E-state index in [1.807, 2.05) is 30.3 Å². The second-order valence-electron chi connectivity index (χ2n) is 4.62. The molecule has 0 aliphatic rings. The second-order valence-corrected chi connectivity index (χ2v) is 4.62. The predicted molar refractivity (Wildman–Crippen MR) is 79.0 cm³/mol. The number of benzene rings is 1. The summed E-state index contributed by atoms with van der Waals surface area (Å²) in [7, 11) is 0. The van der Waals surface area contributed by atoms with E-state index in [1.165, 1.54) is 6.07 Å². The zero-order valence-corrected chi connectivity index (χ0v) is 11.5. The van der Waals surface area contributed by atoms with Gasteiger partial charge >= 0.3 is 0 Å². The van der Waals surface area contributed by atoms with Crippen molar-refractivity contribution in [1.29, 1.82) is 0 Å². The van der Waals surface area contributed by atoms with Crippen molar-refractivity contribution in [2.24, 2.45) is 5.73 Å². The molecule has 1 heterocycles. The first-order valence-corrected chi connectivity index (χ1v) is 6.57. The molecule has 0 radical (unpaired) electrons. The van der Waals surface area contributed by atoms with Gasteiger partial charge in [-0.3, -0.25) is 14.6 Å². The molecule has 0 spiro atoms. The second kappa shape index (κ2) is 6.71. The largest absolute Gasteiger partial charge is 0.494 e. The Morgan fingerprint density at radius 3 is 2.57 bits per heavy atom. The molecule has 0 unspecified atom stereocenters. The van der Waals surface area contributed by atoms with Gasteiger partial charge in [0, 0.05) is 31.8 Å². The molecule has 4 N–H and O–H groups in total. The van der Waals surface area contributed by atoms with Crippen molar-refractivity contribution in [2.75, 3.05) is 13.1 Å². The Morgan fingerprint density at radius 1 is 1.24 bits per heavy atom. The molecular formula is C15H17N3O3. The van der Waals surface area contributed by atoms with Crippen molar-refractivity contribution in [1.82, 2.24) is 9.88 Å². The number of carbonyl (C=O) groups excluding carboxylic acids is 1. The van der Waals surface area contributed by atoms with Gasteiger partial charge < -0.3 is 15.7 Å². The Bertz CT molecular complexity index is 667. The van der Waals surface area contributed by atoms with E-state index in [0.29, 0.717) is 19.6 Å². The minimum Gasteiger partial charge on any atom is -0.494 e. The summed E-state index contributed by atoms with van der Waals surface area (Å²) in [6.07, 6.45) is 0. The summed E-state index contributed by atoms with van der Waals surface area (Å²) in [6.45, 7) is 1.07. The number of nitrogens with zero attached hydrogens (tertiary/aromatic N) is 1. The molecule has 2 aromatic rings. The van der Waals surface area contributed by atoms with Crippen LogP contribution in [0.15, 0.2) is 47.3 Å². The molecule has 0 bridgehead atoms. The number of rotatable bonds is 5. The molecular weight excluding hydrogens is 270 g/mol. The fourth-order valence-electron chi connectivity index (χ4n) is 2.05. The SMILES string of the molecule is NCCN(Cc1ccccc1)C(=O)c1cc(O)[nH]c(=O)c1. The van der Waals surface area contributed by atoms with Crippen LogP contribution in [0, 0.1) is 0 Å². The number of carbonyl (C=O) groups is 1. The number of pyridine rings is 1. The summed E-state index contributed by atoms with van der Waals surface area (Å²) >= 11 is 0. The zero-order chi connectivity index (χ0) is 15.2. The van der Waals surface area contributed by atoms with Crippen LogP contribution in [0.3, 0.4) is 0 Å². The lowest BCUT2D eigenvalue weighted by Crippen LogP contribution is -2.35. The van der Waals surface area contributed by atoms with Crippen LogP contribution in [0.1, 0.15) is 15.9 Å². The van der Waals surface area contributed by atoms with E-state index in [2.05, 4.69) is 4.98 Å². The third kappa shape index (κ3) is 3.93. The molecule has 0 aliphatic carbocycles. The number of amides is 1. The van der Waals surface area contributed by atoms with E-state index in [9.17, 15) is 14.7 Å². The fraction of sp³-hybridized carbons (Fsp3) is 0.200. The molecule has 6 heteroatoms. The number of H-pyrrole nitrogens is 1. The van der Waals surface area contributed by atoms with Crippen molar-refractivity contribution >= 4 is 5.91 Å². The van der Waals surface area contributed by atoms with Gasteiger partial charge in [-0.05, 0) is 5.56 Å². The van der Waals surface area contributed by atoms with Crippen LogP contribution < -0.4 is 11.3 Å². The molecule has 6 nitrogen and oxygen atoms in total. The van der Waals surface area contributed by atoms with Crippen molar-refractivity contribution < 1.29 is 9.90 Å². The number of hydrogen-bond donors (Lipinski definition) is 3. The van der Waals surface area contributed by atoms with Crippen LogP contribution in [0.2, 0.25) is 0 Å². The highest BCUT2D eigenvalue weighted by atomic mass is 16.3. The van der Waals surface area contributed by atoms with Gasteiger partial charge in [0.2, 0.25) is 0 Å². The molecule has 0 saturated carbocycles. The molecule has 1 aromatic heterocycles. The number of aromatic hydroxyl groups is 1. The van der Waals surface area contributed by atoms with Crippen molar-refractivity contribution in [2.45, 2.75) is 6.54 Å². The van der Waals surface area contributed by atoms with Gasteiger partial charge in [0.25, 0.3) is 11.5 Å². The Balaban J connectivity index is 2.24. The summed E-state index contributed by atoms with van der Waals surface area (Å²) in [6, 6.07) is 11.9. The van der Waals surface area contributed by atoms with Crippen LogP contribution >= 0.6 is 0 Å². The Kier molecular flexibility index (Phi) is 4.73. The van der Waals surface area contributed by atoms with E-state index in [0.717, 1.165) is 11.6 Å². The van der Waals surface area contributed by atoms with E-state index in [4.69, 9.17) is 5.73 Å². The quantitative estimate of drug-likeness (QED) is 0.753. The lowest BCUT2D eigenvalue weighted by Gasteiger charge is -2.22. The number of nitrogens with one attached hydrogen (secondary N) is 1. The van der Waals surface area contributed by atoms with Crippen LogP contribution in [0.5, 0.6) is 5.88 Å². The van der Waals surface area contributed by atoms with E-state index in [-0.39, 0.29) is 17.4 Å². The monoisotopic (exact) mass is 287 g/mol. The van der Waals surface area contributed by atoms with Crippen LogP contribution in [0.4, 0.5) is 0 Å². The first kappa shape index (κ1) is 14.8. The highest BCUT2D eigenvalue weighted by molar-refractivity contribution is 5.94. The van der Waals surface area contributed by atoms with Crippen molar-refractivity contribution in [3.05, 3.63) is 63.9 Å². The Labute approximate surface area is 121 Å².